The highest BCUT2D eigenvalue weighted by molar-refractivity contribution is 5.97. The minimum atomic E-state index is -1.55. The highest BCUT2D eigenvalue weighted by atomic mass is 16.6. The number of hydrogen-bond donors (Lipinski definition) is 2. The van der Waals surface area contributed by atoms with E-state index in [1.165, 1.54) is 0 Å². The van der Waals surface area contributed by atoms with Gasteiger partial charge in [-0.15, -0.1) is 0 Å². The molecule has 2 aliphatic heterocycles. The van der Waals surface area contributed by atoms with E-state index in [0.717, 1.165) is 32.1 Å². The van der Waals surface area contributed by atoms with Crippen molar-refractivity contribution in [2.75, 3.05) is 0 Å². The molecular formula is C29H40O6. The Labute approximate surface area is 207 Å². The van der Waals surface area contributed by atoms with Crippen LogP contribution in [-0.4, -0.2) is 51.0 Å². The molecule has 1 spiro atoms. The molecule has 0 radical (unpaired) electrons. The molecule has 2 heterocycles. The molecule has 35 heavy (non-hydrogen) atoms. The Bertz CT molecular complexity index is 1080. The molecule has 12 atom stereocenters. The van der Waals surface area contributed by atoms with Crippen molar-refractivity contribution in [2.45, 2.75) is 115 Å². The number of rotatable bonds is 1. The van der Waals surface area contributed by atoms with E-state index in [1.54, 1.807) is 13.0 Å². The smallest absolute Gasteiger partial charge is 0.338 e. The van der Waals surface area contributed by atoms with Crippen molar-refractivity contribution < 1.29 is 29.3 Å². The van der Waals surface area contributed by atoms with E-state index < -0.39 is 39.5 Å². The maximum atomic E-state index is 13.4. The Morgan fingerprint density at radius 2 is 1.66 bits per heavy atom. The fraction of sp³-hybridized carbons (Fsp3) is 0.862. The Kier molecular flexibility index (Phi) is 3.98. The lowest BCUT2D eigenvalue weighted by Crippen LogP contribution is -2.64. The van der Waals surface area contributed by atoms with Gasteiger partial charge in [-0.3, -0.25) is 4.79 Å². The summed E-state index contributed by atoms with van der Waals surface area (Å²) in [5.41, 5.74) is -4.94. The number of carbonyl (C=O) groups is 2. The van der Waals surface area contributed by atoms with Crippen molar-refractivity contribution in [3.8, 4) is 0 Å². The predicted molar refractivity (Wildman–Crippen MR) is 127 cm³/mol. The highest BCUT2D eigenvalue weighted by Gasteiger charge is 2.80. The zero-order valence-electron chi connectivity index (χ0n) is 21.7. The van der Waals surface area contributed by atoms with Crippen LogP contribution in [0.3, 0.4) is 0 Å². The van der Waals surface area contributed by atoms with Crippen LogP contribution in [0, 0.1) is 39.4 Å². The Morgan fingerprint density at radius 1 is 0.943 bits per heavy atom. The molecule has 0 aromatic heterocycles. The molecule has 6 heteroatoms. The number of aliphatic hydroxyl groups is 2. The third-order valence-electron chi connectivity index (χ3n) is 13.6. The Morgan fingerprint density at radius 3 is 2.40 bits per heavy atom. The lowest BCUT2D eigenvalue weighted by atomic mass is 9.43. The van der Waals surface area contributed by atoms with E-state index in [2.05, 4.69) is 20.8 Å². The molecule has 0 aromatic carbocycles. The van der Waals surface area contributed by atoms with Gasteiger partial charge in [-0.25, -0.2) is 4.79 Å². The number of allylic oxidation sites excluding steroid dienone is 1. The minimum absolute atomic E-state index is 0.134. The summed E-state index contributed by atoms with van der Waals surface area (Å²) in [5, 5.41) is 23.8. The van der Waals surface area contributed by atoms with Gasteiger partial charge >= 0.3 is 5.97 Å². The number of ketones is 1. The quantitative estimate of drug-likeness (QED) is 0.435. The summed E-state index contributed by atoms with van der Waals surface area (Å²) in [4.78, 5) is 26.1. The Balaban J connectivity index is 1.27. The summed E-state index contributed by atoms with van der Waals surface area (Å²) in [6.07, 6.45) is 9.81. The third kappa shape index (κ3) is 2.16. The van der Waals surface area contributed by atoms with Gasteiger partial charge in [-0.05, 0) is 89.0 Å². The number of fused-ring (bicyclic) bond motifs is 6. The SMILES string of the molecule is C[C@@]12C[C@@H](OC(=O)[C@]1(C)O)[C@@](C)([C@@]1(O)CC[C@H]3[C@@H]4C[C@H]5O[C@]56CC=CC(=O)[C@]6(C)[C@H]4CC[C@@]31C)C2. The first-order valence-electron chi connectivity index (χ1n) is 13.7. The summed E-state index contributed by atoms with van der Waals surface area (Å²) in [6, 6.07) is 0. The summed E-state index contributed by atoms with van der Waals surface area (Å²) in [7, 11) is 0. The lowest BCUT2D eigenvalue weighted by molar-refractivity contribution is -0.219. The molecule has 2 saturated heterocycles. The van der Waals surface area contributed by atoms with Crippen LogP contribution in [0.25, 0.3) is 0 Å². The van der Waals surface area contributed by atoms with Crippen molar-refractivity contribution in [1.82, 2.24) is 0 Å². The highest BCUT2D eigenvalue weighted by Crippen LogP contribution is 2.76. The standard InChI is InChI=1S/C29H40O6/c1-23-14-21(34-22(31)27(23,5)32)25(3,15-23)29(33)12-9-17-16-13-20-28(35-20)10-6-7-19(30)26(28,4)18(16)8-11-24(17,29)2/h6-7,16-18,20-21,32-33H,8-15H2,1-5H3/t16-,17-,18-,20+,21+,23-,24-,25-,26-,27-,28+,29+/m0/s1. The zero-order valence-corrected chi connectivity index (χ0v) is 21.7. The lowest BCUT2D eigenvalue weighted by Gasteiger charge is -2.61. The molecular weight excluding hydrogens is 444 g/mol. The van der Waals surface area contributed by atoms with Crippen molar-refractivity contribution >= 4 is 11.8 Å². The first kappa shape index (κ1) is 22.9. The molecule has 0 amide bonds. The molecule has 192 valence electrons. The van der Waals surface area contributed by atoms with Gasteiger partial charge in [0.2, 0.25) is 0 Å². The van der Waals surface area contributed by atoms with Crippen LogP contribution in [-0.2, 0) is 19.1 Å². The first-order valence-corrected chi connectivity index (χ1v) is 13.7. The second kappa shape index (κ2) is 6.07. The molecule has 5 aliphatic carbocycles. The van der Waals surface area contributed by atoms with E-state index in [0.29, 0.717) is 31.1 Å². The second-order valence-electron chi connectivity index (χ2n) is 14.5. The van der Waals surface area contributed by atoms with Gasteiger partial charge in [0, 0.05) is 16.2 Å². The van der Waals surface area contributed by atoms with Gasteiger partial charge in [0.15, 0.2) is 11.4 Å². The monoisotopic (exact) mass is 484 g/mol. The van der Waals surface area contributed by atoms with Gasteiger partial charge < -0.3 is 19.7 Å². The van der Waals surface area contributed by atoms with Crippen LogP contribution in [0.15, 0.2) is 12.2 Å². The number of epoxide rings is 1. The molecule has 0 unspecified atom stereocenters. The average Bonchev–Trinajstić information content (AvgIpc) is 3.32. The molecule has 2 bridgehead atoms. The topological polar surface area (TPSA) is 96.4 Å². The molecule has 7 aliphatic rings. The van der Waals surface area contributed by atoms with Gasteiger partial charge in [-0.1, -0.05) is 26.8 Å². The molecule has 6 nitrogen and oxygen atoms in total. The largest absolute Gasteiger partial charge is 0.460 e. The van der Waals surface area contributed by atoms with Crippen LogP contribution in [0.4, 0.5) is 0 Å². The maximum absolute atomic E-state index is 13.4. The summed E-state index contributed by atoms with van der Waals surface area (Å²) < 4.78 is 12.3. The summed E-state index contributed by atoms with van der Waals surface area (Å²) >= 11 is 0. The van der Waals surface area contributed by atoms with Gasteiger partial charge in [0.25, 0.3) is 0 Å². The number of esters is 1. The first-order chi connectivity index (χ1) is 16.2. The molecule has 4 saturated carbocycles. The van der Waals surface area contributed by atoms with Crippen molar-refractivity contribution in [2.24, 2.45) is 39.4 Å². The number of ether oxygens (including phenoxy) is 2. The number of carbonyl (C=O) groups excluding carboxylic acids is 2. The van der Waals surface area contributed by atoms with E-state index >= 15 is 0 Å². The predicted octanol–water partition coefficient (Wildman–Crippen LogP) is 3.72. The second-order valence-corrected chi connectivity index (χ2v) is 14.5. The Hall–Kier alpha value is -1.24. The zero-order chi connectivity index (χ0) is 25.0. The molecule has 2 N–H and O–H groups in total. The third-order valence-corrected chi connectivity index (χ3v) is 13.6. The fourth-order valence-electron chi connectivity index (χ4n) is 11.1. The van der Waals surface area contributed by atoms with Crippen LogP contribution in [0.2, 0.25) is 0 Å². The average molecular weight is 485 g/mol. The fourth-order valence-corrected chi connectivity index (χ4v) is 11.1. The molecule has 0 aromatic rings. The van der Waals surface area contributed by atoms with Crippen LogP contribution >= 0.6 is 0 Å². The number of hydrogen-bond acceptors (Lipinski definition) is 6. The van der Waals surface area contributed by atoms with Crippen LogP contribution in [0.5, 0.6) is 0 Å². The van der Waals surface area contributed by atoms with Gasteiger partial charge in [0.05, 0.1) is 17.1 Å². The summed E-state index contributed by atoms with van der Waals surface area (Å²) in [6.45, 7) is 10.1. The van der Waals surface area contributed by atoms with Gasteiger partial charge in [0.1, 0.15) is 11.7 Å². The van der Waals surface area contributed by atoms with E-state index in [1.807, 2.05) is 13.0 Å². The van der Waals surface area contributed by atoms with E-state index in [9.17, 15) is 19.8 Å². The maximum Gasteiger partial charge on any atom is 0.338 e. The van der Waals surface area contributed by atoms with Crippen molar-refractivity contribution in [3.63, 3.8) is 0 Å². The minimum Gasteiger partial charge on any atom is -0.460 e. The van der Waals surface area contributed by atoms with E-state index in [-0.39, 0.29) is 28.8 Å². The van der Waals surface area contributed by atoms with Crippen LogP contribution < -0.4 is 0 Å². The molecule has 7 rings (SSSR count). The van der Waals surface area contributed by atoms with Crippen molar-refractivity contribution in [1.29, 1.82) is 0 Å². The van der Waals surface area contributed by atoms with Crippen LogP contribution in [0.1, 0.15) is 86.0 Å². The van der Waals surface area contributed by atoms with E-state index in [4.69, 9.17) is 9.47 Å². The summed E-state index contributed by atoms with van der Waals surface area (Å²) in [5.74, 6) is 0.570. The normalized spacial score (nSPS) is 64.1. The van der Waals surface area contributed by atoms with Crippen molar-refractivity contribution in [3.05, 3.63) is 12.2 Å². The molecule has 6 fully saturated rings. The van der Waals surface area contributed by atoms with Gasteiger partial charge in [-0.2, -0.15) is 0 Å².